The van der Waals surface area contributed by atoms with E-state index < -0.39 is 11.7 Å². The number of thiocarbonyl (C=S) groups is 1. The molecule has 2 aromatic carbocycles. The van der Waals surface area contributed by atoms with Gasteiger partial charge < -0.3 is 16.0 Å². The number of hydrogen-bond acceptors (Lipinski definition) is 5. The van der Waals surface area contributed by atoms with Crippen LogP contribution >= 0.6 is 39.7 Å². The van der Waals surface area contributed by atoms with Crippen LogP contribution in [0.4, 0.5) is 24.5 Å². The molecule has 30 heavy (non-hydrogen) atoms. The molecule has 0 aliphatic carbocycles. The van der Waals surface area contributed by atoms with Gasteiger partial charge in [-0.05, 0) is 71.8 Å². The Morgan fingerprint density at radius 2 is 1.77 bits per heavy atom. The second-order valence-corrected chi connectivity index (χ2v) is 7.81. The van der Waals surface area contributed by atoms with Gasteiger partial charge in [-0.3, -0.25) is 4.79 Å². The van der Waals surface area contributed by atoms with Gasteiger partial charge in [-0.15, -0.1) is 5.10 Å². The van der Waals surface area contributed by atoms with Crippen molar-refractivity contribution in [2.75, 3.05) is 10.6 Å². The number of nitrogens with zero attached hydrogens (tertiary/aromatic N) is 2. The molecule has 0 unspecified atom stereocenters. The number of amides is 1. The van der Waals surface area contributed by atoms with Gasteiger partial charge in [-0.1, -0.05) is 20.4 Å². The minimum atomic E-state index is -4.42. The molecular formula is C18H13BrF3N5OS2. The number of alkyl halides is 3. The second kappa shape index (κ2) is 9.49. The lowest BCUT2D eigenvalue weighted by Crippen LogP contribution is -2.28. The van der Waals surface area contributed by atoms with Crippen molar-refractivity contribution in [2.45, 2.75) is 12.7 Å². The van der Waals surface area contributed by atoms with Gasteiger partial charge in [0.2, 0.25) is 0 Å². The Labute approximate surface area is 187 Å². The Morgan fingerprint density at radius 3 is 2.37 bits per heavy atom. The molecule has 0 fully saturated rings. The molecule has 0 spiro atoms. The summed E-state index contributed by atoms with van der Waals surface area (Å²) in [6.45, 7) is 0.103. The van der Waals surface area contributed by atoms with Gasteiger partial charge in [0.05, 0.1) is 5.56 Å². The zero-order valence-electron chi connectivity index (χ0n) is 15.0. The van der Waals surface area contributed by atoms with Crippen molar-refractivity contribution < 1.29 is 18.0 Å². The average Bonchev–Trinajstić information content (AvgIpc) is 3.23. The van der Waals surface area contributed by atoms with Crippen molar-refractivity contribution in [3.05, 3.63) is 69.1 Å². The largest absolute Gasteiger partial charge is 0.416 e. The molecular weight excluding hydrogens is 503 g/mol. The Balaban J connectivity index is 1.55. The van der Waals surface area contributed by atoms with Gasteiger partial charge in [-0.25, -0.2) is 0 Å². The Kier molecular flexibility index (Phi) is 7.00. The van der Waals surface area contributed by atoms with Gasteiger partial charge in [0.15, 0.2) is 10.8 Å². The summed E-state index contributed by atoms with van der Waals surface area (Å²) in [5, 5.41) is 14.0. The van der Waals surface area contributed by atoms with Crippen molar-refractivity contribution in [3.8, 4) is 0 Å². The van der Waals surface area contributed by atoms with E-state index in [1.807, 2.05) is 0 Å². The van der Waals surface area contributed by atoms with Crippen LogP contribution in [0.2, 0.25) is 0 Å². The summed E-state index contributed by atoms with van der Waals surface area (Å²) in [5.41, 5.74) is 1.12. The van der Waals surface area contributed by atoms with Crippen molar-refractivity contribution in [2.24, 2.45) is 0 Å². The van der Waals surface area contributed by atoms with E-state index in [0.717, 1.165) is 23.7 Å². The number of carbonyl (C=O) groups excluding carboxylic acids is 1. The summed E-state index contributed by atoms with van der Waals surface area (Å²) in [6.07, 6.45) is -4.42. The van der Waals surface area contributed by atoms with Crippen molar-refractivity contribution in [1.82, 2.24) is 14.9 Å². The first-order valence-corrected chi connectivity index (χ1v) is 10.3. The predicted octanol–water partition coefficient (Wildman–Crippen LogP) is 5.06. The summed E-state index contributed by atoms with van der Waals surface area (Å²) >= 11 is 9.52. The molecule has 0 aliphatic rings. The molecule has 12 heteroatoms. The van der Waals surface area contributed by atoms with Gasteiger partial charge in [0.1, 0.15) is 0 Å². The molecule has 0 aliphatic heterocycles. The van der Waals surface area contributed by atoms with Gasteiger partial charge in [0.25, 0.3) is 5.91 Å². The van der Waals surface area contributed by atoms with Crippen LogP contribution in [0.5, 0.6) is 0 Å². The number of halogens is 4. The molecule has 156 valence electrons. The summed E-state index contributed by atoms with van der Waals surface area (Å²) in [5.74, 6) is -0.367. The number of rotatable bonds is 5. The summed E-state index contributed by atoms with van der Waals surface area (Å²) in [7, 11) is 0. The highest BCUT2D eigenvalue weighted by molar-refractivity contribution is 9.10. The number of hydrogen-bond donors (Lipinski definition) is 3. The first-order valence-electron chi connectivity index (χ1n) is 8.31. The fraction of sp³-hybridized carbons (Fsp3) is 0.111. The molecule has 0 bridgehead atoms. The van der Waals surface area contributed by atoms with Crippen LogP contribution in [0, 0.1) is 0 Å². The van der Waals surface area contributed by atoms with Crippen LogP contribution in [0.25, 0.3) is 0 Å². The van der Waals surface area contributed by atoms with Crippen molar-refractivity contribution >= 4 is 62.1 Å². The second-order valence-electron chi connectivity index (χ2n) is 5.93. The fourth-order valence-electron chi connectivity index (χ4n) is 2.33. The quantitative estimate of drug-likeness (QED) is 0.412. The molecule has 0 radical (unpaired) electrons. The van der Waals surface area contributed by atoms with E-state index in [9.17, 15) is 18.0 Å². The first kappa shape index (κ1) is 22.1. The maximum Gasteiger partial charge on any atom is 0.416 e. The Morgan fingerprint density at radius 1 is 1.10 bits per heavy atom. The van der Waals surface area contributed by atoms with Crippen LogP contribution in [-0.2, 0) is 12.7 Å². The molecule has 1 amide bonds. The smallest absolute Gasteiger partial charge is 0.358 e. The maximum atomic E-state index is 12.9. The molecule has 6 nitrogen and oxygen atoms in total. The summed E-state index contributed by atoms with van der Waals surface area (Å²) < 4.78 is 42.8. The molecule has 3 aromatic rings. The lowest BCUT2D eigenvalue weighted by Gasteiger charge is -2.14. The standard InChI is InChI=1S/C18H13BrF3N5OS2/c19-14-6-1-11(18(20,21)22)7-10(14)8-23-17(29)25-13-4-2-12(3-5-13)24-16(28)15-9-30-27-26-15/h1-7,9H,8H2,(H,24,28)(H2,23,25,29). The number of nitrogens with one attached hydrogen (secondary N) is 3. The summed E-state index contributed by atoms with van der Waals surface area (Å²) in [4.78, 5) is 11.9. The Bertz CT molecular complexity index is 1040. The van der Waals surface area contributed by atoms with E-state index in [1.165, 1.54) is 11.4 Å². The highest BCUT2D eigenvalue weighted by Gasteiger charge is 2.30. The molecule has 1 aromatic heterocycles. The molecule has 0 atom stereocenters. The van der Waals surface area contributed by atoms with Crippen LogP contribution in [-0.4, -0.2) is 20.6 Å². The van der Waals surface area contributed by atoms with E-state index in [-0.39, 0.29) is 23.3 Å². The number of carbonyl (C=O) groups is 1. The third-order valence-electron chi connectivity index (χ3n) is 3.81. The minimum absolute atomic E-state index is 0.103. The van der Waals surface area contributed by atoms with E-state index in [2.05, 4.69) is 41.5 Å². The van der Waals surface area contributed by atoms with Crippen molar-refractivity contribution in [3.63, 3.8) is 0 Å². The minimum Gasteiger partial charge on any atom is -0.358 e. The van der Waals surface area contributed by atoms with Crippen molar-refractivity contribution in [1.29, 1.82) is 0 Å². The third-order valence-corrected chi connectivity index (χ3v) is 5.33. The number of aromatic nitrogens is 2. The zero-order valence-corrected chi connectivity index (χ0v) is 18.2. The molecule has 3 N–H and O–H groups in total. The molecule has 3 rings (SSSR count). The average molecular weight is 516 g/mol. The SMILES string of the molecule is O=C(Nc1ccc(NC(=S)NCc2cc(C(F)(F)F)ccc2Br)cc1)c1csnn1. The van der Waals surface area contributed by atoms with Crippen LogP contribution in [0.15, 0.2) is 52.3 Å². The van der Waals surface area contributed by atoms with Gasteiger partial charge in [-0.2, -0.15) is 13.2 Å². The number of anilines is 2. The van der Waals surface area contributed by atoms with E-state index >= 15 is 0 Å². The zero-order chi connectivity index (χ0) is 21.7. The lowest BCUT2D eigenvalue weighted by molar-refractivity contribution is -0.137. The third kappa shape index (κ3) is 5.97. The van der Waals surface area contributed by atoms with E-state index in [1.54, 1.807) is 24.3 Å². The molecule has 0 saturated heterocycles. The van der Waals surface area contributed by atoms with Crippen LogP contribution in [0.1, 0.15) is 21.6 Å². The van der Waals surface area contributed by atoms with Gasteiger partial charge >= 0.3 is 6.18 Å². The van der Waals surface area contributed by atoms with Crippen LogP contribution in [0.3, 0.4) is 0 Å². The maximum absolute atomic E-state index is 12.9. The Hall–Kier alpha value is -2.57. The highest BCUT2D eigenvalue weighted by atomic mass is 79.9. The highest BCUT2D eigenvalue weighted by Crippen LogP contribution is 2.31. The first-order chi connectivity index (χ1) is 14.2. The topological polar surface area (TPSA) is 78.9 Å². The molecule has 0 saturated carbocycles. The van der Waals surface area contributed by atoms with E-state index in [0.29, 0.717) is 21.4 Å². The molecule has 1 heterocycles. The monoisotopic (exact) mass is 515 g/mol. The summed E-state index contributed by atoms with van der Waals surface area (Å²) in [6, 6.07) is 10.2. The van der Waals surface area contributed by atoms with E-state index in [4.69, 9.17) is 12.2 Å². The normalized spacial score (nSPS) is 11.1. The van der Waals surface area contributed by atoms with Gasteiger partial charge in [0, 0.05) is 27.8 Å². The lowest BCUT2D eigenvalue weighted by atomic mass is 10.1. The number of benzene rings is 2. The van der Waals surface area contributed by atoms with Crippen LogP contribution < -0.4 is 16.0 Å². The fourth-order valence-corrected chi connectivity index (χ4v) is 3.35. The predicted molar refractivity (Wildman–Crippen MR) is 117 cm³/mol.